The maximum absolute atomic E-state index is 11.2. The molecule has 1 atom stereocenters. The van der Waals surface area contributed by atoms with Crippen LogP contribution in [0.3, 0.4) is 0 Å². The van der Waals surface area contributed by atoms with Crippen LogP contribution >= 0.6 is 11.3 Å². The van der Waals surface area contributed by atoms with E-state index in [4.69, 9.17) is 4.98 Å². The first-order chi connectivity index (χ1) is 10.5. The highest BCUT2D eigenvalue weighted by Gasteiger charge is 2.25. The molecule has 0 amide bonds. The van der Waals surface area contributed by atoms with E-state index in [1.165, 1.54) is 47.5 Å². The Balaban J connectivity index is 1.57. The van der Waals surface area contributed by atoms with Crippen LogP contribution in [0, 0.1) is 0 Å². The summed E-state index contributed by atoms with van der Waals surface area (Å²) in [5.74, 6) is 0. The molecule has 1 aliphatic carbocycles. The Labute approximate surface area is 137 Å². The van der Waals surface area contributed by atoms with E-state index in [9.17, 15) is 8.42 Å². The Bertz CT molecular complexity index is 591. The van der Waals surface area contributed by atoms with E-state index in [1.54, 1.807) is 0 Å². The van der Waals surface area contributed by atoms with Gasteiger partial charge in [0.2, 0.25) is 10.0 Å². The minimum absolute atomic E-state index is 0.474. The van der Waals surface area contributed by atoms with Crippen molar-refractivity contribution in [2.24, 2.45) is 0 Å². The van der Waals surface area contributed by atoms with Crippen molar-refractivity contribution < 1.29 is 8.42 Å². The number of aryl methyl sites for hydroxylation is 2. The molecule has 0 unspecified atom stereocenters. The van der Waals surface area contributed by atoms with Crippen molar-refractivity contribution in [1.82, 2.24) is 14.6 Å². The molecule has 1 saturated heterocycles. The third-order valence-corrected chi connectivity index (χ3v) is 6.44. The van der Waals surface area contributed by atoms with Crippen LogP contribution in [0.1, 0.15) is 47.7 Å². The quantitative estimate of drug-likeness (QED) is 0.857. The van der Waals surface area contributed by atoms with Gasteiger partial charge >= 0.3 is 0 Å². The van der Waals surface area contributed by atoms with Crippen LogP contribution in [0.25, 0.3) is 0 Å². The topological polar surface area (TPSA) is 62.3 Å². The van der Waals surface area contributed by atoms with E-state index in [2.05, 4.69) is 9.62 Å². The zero-order valence-electron chi connectivity index (χ0n) is 13.2. The Kier molecular flexibility index (Phi) is 5.17. The first-order valence-corrected chi connectivity index (χ1v) is 10.9. The number of sulfonamides is 1. The van der Waals surface area contributed by atoms with Crippen molar-refractivity contribution in [2.75, 3.05) is 19.3 Å². The predicted octanol–water partition coefficient (Wildman–Crippen LogP) is 1.93. The molecule has 124 valence electrons. The fourth-order valence-electron chi connectivity index (χ4n) is 3.49. The number of nitrogens with one attached hydrogen (secondary N) is 1. The lowest BCUT2D eigenvalue weighted by molar-refractivity contribution is 0.133. The van der Waals surface area contributed by atoms with Crippen LogP contribution in [0.4, 0.5) is 0 Å². The third-order valence-electron chi connectivity index (χ3n) is 4.57. The molecule has 1 aliphatic heterocycles. The highest BCUT2D eigenvalue weighted by atomic mass is 32.2. The van der Waals surface area contributed by atoms with Crippen LogP contribution in [0.2, 0.25) is 0 Å². The molecule has 1 aromatic heterocycles. The van der Waals surface area contributed by atoms with Crippen LogP contribution < -0.4 is 4.72 Å². The van der Waals surface area contributed by atoms with Gasteiger partial charge in [-0.3, -0.25) is 4.90 Å². The number of hydrogen-bond acceptors (Lipinski definition) is 5. The van der Waals surface area contributed by atoms with Gasteiger partial charge in [0.1, 0.15) is 5.01 Å². The Hall–Kier alpha value is -0.500. The molecule has 0 saturated carbocycles. The Morgan fingerprint density at radius 2 is 2.18 bits per heavy atom. The summed E-state index contributed by atoms with van der Waals surface area (Å²) in [7, 11) is -3.08. The van der Waals surface area contributed by atoms with Crippen LogP contribution in [-0.4, -0.2) is 43.7 Å². The third kappa shape index (κ3) is 4.28. The number of thiazole rings is 1. The number of piperidine rings is 1. The van der Waals surface area contributed by atoms with Gasteiger partial charge in [0.25, 0.3) is 0 Å². The molecule has 1 N–H and O–H groups in total. The molecular weight excluding hydrogens is 318 g/mol. The van der Waals surface area contributed by atoms with Gasteiger partial charge in [-0.1, -0.05) is 6.42 Å². The molecule has 2 heterocycles. The first-order valence-electron chi connectivity index (χ1n) is 8.17. The van der Waals surface area contributed by atoms with Gasteiger partial charge in [-0.25, -0.2) is 18.1 Å². The molecule has 0 radical (unpaired) electrons. The van der Waals surface area contributed by atoms with Crippen molar-refractivity contribution in [3.05, 3.63) is 15.6 Å². The molecule has 5 nitrogen and oxygen atoms in total. The maximum Gasteiger partial charge on any atom is 0.208 e. The predicted molar refractivity (Wildman–Crippen MR) is 89.7 cm³/mol. The van der Waals surface area contributed by atoms with E-state index in [0.29, 0.717) is 12.6 Å². The minimum atomic E-state index is -3.08. The van der Waals surface area contributed by atoms with Crippen LogP contribution in [-0.2, 0) is 29.4 Å². The smallest absolute Gasteiger partial charge is 0.208 e. The van der Waals surface area contributed by atoms with Crippen molar-refractivity contribution in [1.29, 1.82) is 0 Å². The largest absolute Gasteiger partial charge is 0.294 e. The Morgan fingerprint density at radius 3 is 2.95 bits per heavy atom. The van der Waals surface area contributed by atoms with Gasteiger partial charge in [-0.2, -0.15) is 0 Å². The minimum Gasteiger partial charge on any atom is -0.294 e. The second kappa shape index (κ2) is 6.95. The van der Waals surface area contributed by atoms with Crippen molar-refractivity contribution >= 4 is 21.4 Å². The fourth-order valence-corrected chi connectivity index (χ4v) is 5.16. The summed E-state index contributed by atoms with van der Waals surface area (Å²) in [6.07, 6.45) is 9.37. The molecule has 1 aromatic rings. The molecule has 1 fully saturated rings. The van der Waals surface area contributed by atoms with E-state index < -0.39 is 10.0 Å². The van der Waals surface area contributed by atoms with Crippen molar-refractivity contribution in [3.8, 4) is 0 Å². The molecule has 0 bridgehead atoms. The SMILES string of the molecule is CS(=O)(=O)NCC[C@@H]1CCCCN1Cc1nc2c(s1)CCC2. The zero-order chi connectivity index (χ0) is 15.6. The van der Waals surface area contributed by atoms with Crippen molar-refractivity contribution in [3.63, 3.8) is 0 Å². The summed E-state index contributed by atoms with van der Waals surface area (Å²) in [6.45, 7) is 2.57. The standard InChI is InChI=1S/C15H25N3O2S2/c1-22(19,20)16-9-8-12-5-2-3-10-18(12)11-15-17-13-6-4-7-14(13)21-15/h12,16H,2-11H2,1H3/t12-/m0/s1. The zero-order valence-corrected chi connectivity index (χ0v) is 14.8. The first kappa shape index (κ1) is 16.4. The van der Waals surface area contributed by atoms with E-state index in [0.717, 1.165) is 32.4 Å². The summed E-state index contributed by atoms with van der Waals surface area (Å²) in [6, 6.07) is 0.474. The van der Waals surface area contributed by atoms with Crippen LogP contribution in [0.15, 0.2) is 0 Å². The van der Waals surface area contributed by atoms with Crippen molar-refractivity contribution in [2.45, 2.75) is 57.5 Å². The number of nitrogens with zero attached hydrogens (tertiary/aromatic N) is 2. The lowest BCUT2D eigenvalue weighted by Crippen LogP contribution is -2.41. The lowest BCUT2D eigenvalue weighted by Gasteiger charge is -2.35. The monoisotopic (exact) mass is 343 g/mol. The van der Waals surface area contributed by atoms with Gasteiger partial charge in [0.05, 0.1) is 18.5 Å². The second-order valence-electron chi connectivity index (χ2n) is 6.41. The van der Waals surface area contributed by atoms with Gasteiger partial charge in [0, 0.05) is 17.5 Å². The average Bonchev–Trinajstić information content (AvgIpc) is 3.00. The summed E-state index contributed by atoms with van der Waals surface area (Å²) < 4.78 is 25.0. The lowest BCUT2D eigenvalue weighted by atomic mass is 9.99. The number of rotatable bonds is 6. The van der Waals surface area contributed by atoms with E-state index in [1.807, 2.05) is 11.3 Å². The highest BCUT2D eigenvalue weighted by molar-refractivity contribution is 7.88. The van der Waals surface area contributed by atoms with Gasteiger partial charge in [0.15, 0.2) is 0 Å². The molecular formula is C15H25N3O2S2. The van der Waals surface area contributed by atoms with Gasteiger partial charge in [-0.05, 0) is 45.1 Å². The summed E-state index contributed by atoms with van der Waals surface area (Å²) >= 11 is 1.88. The summed E-state index contributed by atoms with van der Waals surface area (Å²) in [4.78, 5) is 8.79. The summed E-state index contributed by atoms with van der Waals surface area (Å²) in [5, 5.41) is 1.24. The molecule has 0 aromatic carbocycles. The highest BCUT2D eigenvalue weighted by Crippen LogP contribution is 2.30. The number of hydrogen-bond donors (Lipinski definition) is 1. The van der Waals surface area contributed by atoms with Gasteiger partial charge in [-0.15, -0.1) is 11.3 Å². The number of likely N-dealkylation sites (tertiary alicyclic amines) is 1. The summed E-state index contributed by atoms with van der Waals surface area (Å²) in [5.41, 5.74) is 1.33. The second-order valence-corrected chi connectivity index (χ2v) is 9.41. The van der Waals surface area contributed by atoms with Crippen LogP contribution in [0.5, 0.6) is 0 Å². The van der Waals surface area contributed by atoms with E-state index in [-0.39, 0.29) is 0 Å². The average molecular weight is 344 g/mol. The molecule has 2 aliphatic rings. The van der Waals surface area contributed by atoms with Gasteiger partial charge < -0.3 is 0 Å². The molecule has 0 spiro atoms. The number of aromatic nitrogens is 1. The fraction of sp³-hybridized carbons (Fsp3) is 0.800. The molecule has 22 heavy (non-hydrogen) atoms. The maximum atomic E-state index is 11.2. The number of fused-ring (bicyclic) bond motifs is 1. The molecule has 7 heteroatoms. The molecule has 3 rings (SSSR count). The normalized spacial score (nSPS) is 22.9. The van der Waals surface area contributed by atoms with E-state index >= 15 is 0 Å². The Morgan fingerprint density at radius 1 is 1.32 bits per heavy atom.